The fraction of sp³-hybridized carbons (Fsp3) is 0.294. The third kappa shape index (κ3) is 2.49. The van der Waals surface area contributed by atoms with E-state index in [1.807, 2.05) is 17.0 Å². The van der Waals surface area contributed by atoms with Crippen molar-refractivity contribution in [3.8, 4) is 0 Å². The highest BCUT2D eigenvalue weighted by molar-refractivity contribution is 5.94. The summed E-state index contributed by atoms with van der Waals surface area (Å²) >= 11 is 0. The van der Waals surface area contributed by atoms with Crippen LogP contribution in [0.2, 0.25) is 0 Å². The largest absolute Gasteiger partial charge is 0.331 e. The molecule has 1 aliphatic rings. The molecule has 3 rings (SSSR count). The molecule has 1 saturated heterocycles. The molecule has 1 atom stereocenters. The SMILES string of the molecule is Cc1ccccc1[C@@H]1CCCN1C(=O)c1ccc[nH]c1=O. The summed E-state index contributed by atoms with van der Waals surface area (Å²) in [6.45, 7) is 2.76. The van der Waals surface area contributed by atoms with Crippen LogP contribution in [0.15, 0.2) is 47.4 Å². The molecule has 0 radical (unpaired) electrons. The Kier molecular flexibility index (Phi) is 3.60. The maximum absolute atomic E-state index is 12.7. The molecule has 2 aromatic rings. The van der Waals surface area contributed by atoms with Gasteiger partial charge in [-0.25, -0.2) is 0 Å². The summed E-state index contributed by atoms with van der Waals surface area (Å²) in [4.78, 5) is 28.9. The number of carbonyl (C=O) groups is 1. The van der Waals surface area contributed by atoms with E-state index < -0.39 is 0 Å². The monoisotopic (exact) mass is 282 g/mol. The lowest BCUT2D eigenvalue weighted by Gasteiger charge is -2.26. The van der Waals surface area contributed by atoms with Crippen LogP contribution in [0.5, 0.6) is 0 Å². The Morgan fingerprint density at radius 3 is 2.81 bits per heavy atom. The van der Waals surface area contributed by atoms with Gasteiger partial charge < -0.3 is 9.88 Å². The molecular formula is C17H18N2O2. The quantitative estimate of drug-likeness (QED) is 0.920. The van der Waals surface area contributed by atoms with Crippen LogP contribution in [-0.4, -0.2) is 22.3 Å². The molecule has 1 amide bonds. The number of amides is 1. The van der Waals surface area contributed by atoms with Crippen molar-refractivity contribution in [2.75, 3.05) is 6.54 Å². The Hall–Kier alpha value is -2.36. The maximum atomic E-state index is 12.7. The number of hydrogen-bond donors (Lipinski definition) is 1. The second-order valence-corrected chi connectivity index (χ2v) is 5.43. The van der Waals surface area contributed by atoms with Crippen LogP contribution in [0.1, 0.15) is 40.4 Å². The van der Waals surface area contributed by atoms with Crippen molar-refractivity contribution in [3.05, 3.63) is 69.6 Å². The first kappa shape index (κ1) is 13.6. The molecule has 1 aromatic carbocycles. The molecular weight excluding hydrogens is 264 g/mol. The Bertz CT molecular complexity index is 720. The summed E-state index contributed by atoms with van der Waals surface area (Å²) < 4.78 is 0. The molecule has 0 spiro atoms. The third-order valence-electron chi connectivity index (χ3n) is 4.11. The van der Waals surface area contributed by atoms with Gasteiger partial charge in [0.1, 0.15) is 5.56 Å². The van der Waals surface area contributed by atoms with Crippen molar-refractivity contribution >= 4 is 5.91 Å². The first-order valence-electron chi connectivity index (χ1n) is 7.22. The van der Waals surface area contributed by atoms with Gasteiger partial charge in [-0.3, -0.25) is 9.59 Å². The number of pyridine rings is 1. The van der Waals surface area contributed by atoms with Crippen LogP contribution in [0.4, 0.5) is 0 Å². The molecule has 1 aliphatic heterocycles. The van der Waals surface area contributed by atoms with E-state index in [0.29, 0.717) is 6.54 Å². The zero-order valence-corrected chi connectivity index (χ0v) is 12.0. The average molecular weight is 282 g/mol. The van der Waals surface area contributed by atoms with Crippen LogP contribution in [0, 0.1) is 6.92 Å². The number of rotatable bonds is 2. The fourth-order valence-corrected chi connectivity index (χ4v) is 3.04. The van der Waals surface area contributed by atoms with E-state index >= 15 is 0 Å². The predicted octanol–water partition coefficient (Wildman–Crippen LogP) is 2.66. The number of hydrogen-bond acceptors (Lipinski definition) is 2. The third-order valence-corrected chi connectivity index (χ3v) is 4.11. The highest BCUT2D eigenvalue weighted by Crippen LogP contribution is 2.34. The highest BCUT2D eigenvalue weighted by atomic mass is 16.2. The second kappa shape index (κ2) is 5.56. The van der Waals surface area contributed by atoms with Crippen molar-refractivity contribution in [3.63, 3.8) is 0 Å². The van der Waals surface area contributed by atoms with Crippen LogP contribution in [0.3, 0.4) is 0 Å². The van der Waals surface area contributed by atoms with Crippen LogP contribution >= 0.6 is 0 Å². The van der Waals surface area contributed by atoms with Gasteiger partial charge in [-0.15, -0.1) is 0 Å². The number of aromatic amines is 1. The smallest absolute Gasteiger partial charge is 0.260 e. The minimum Gasteiger partial charge on any atom is -0.331 e. The van der Waals surface area contributed by atoms with E-state index in [1.165, 1.54) is 11.1 Å². The Morgan fingerprint density at radius 2 is 2.05 bits per heavy atom. The molecule has 0 saturated carbocycles. The van der Waals surface area contributed by atoms with Gasteiger partial charge in [0.25, 0.3) is 11.5 Å². The molecule has 1 N–H and O–H groups in total. The summed E-state index contributed by atoms with van der Waals surface area (Å²) in [6.07, 6.45) is 3.46. The number of carbonyl (C=O) groups excluding carboxylic acids is 1. The first-order valence-corrected chi connectivity index (χ1v) is 7.22. The molecule has 0 unspecified atom stereocenters. The van der Waals surface area contributed by atoms with Crippen LogP contribution in [0.25, 0.3) is 0 Å². The van der Waals surface area contributed by atoms with E-state index in [0.717, 1.165) is 12.8 Å². The van der Waals surface area contributed by atoms with Crippen molar-refractivity contribution in [1.29, 1.82) is 0 Å². The number of nitrogens with one attached hydrogen (secondary N) is 1. The normalized spacial score (nSPS) is 18.0. The van der Waals surface area contributed by atoms with Gasteiger partial charge in [0, 0.05) is 12.7 Å². The summed E-state index contributed by atoms with van der Waals surface area (Å²) in [5.41, 5.74) is 2.26. The number of aromatic nitrogens is 1. The van der Waals surface area contributed by atoms with Crippen LogP contribution in [-0.2, 0) is 0 Å². The average Bonchev–Trinajstić information content (AvgIpc) is 2.97. The summed E-state index contributed by atoms with van der Waals surface area (Å²) in [7, 11) is 0. The lowest BCUT2D eigenvalue weighted by molar-refractivity contribution is 0.0733. The second-order valence-electron chi connectivity index (χ2n) is 5.43. The maximum Gasteiger partial charge on any atom is 0.260 e. The van der Waals surface area contributed by atoms with E-state index in [2.05, 4.69) is 24.0 Å². The molecule has 108 valence electrons. The molecule has 1 aromatic heterocycles. The van der Waals surface area contributed by atoms with Gasteiger partial charge in [-0.2, -0.15) is 0 Å². The number of likely N-dealkylation sites (tertiary alicyclic amines) is 1. The van der Waals surface area contributed by atoms with Gasteiger partial charge in [0.2, 0.25) is 0 Å². The van der Waals surface area contributed by atoms with Gasteiger partial charge in [0.05, 0.1) is 6.04 Å². The van der Waals surface area contributed by atoms with Gasteiger partial charge in [-0.1, -0.05) is 24.3 Å². The number of H-pyrrole nitrogens is 1. The van der Waals surface area contributed by atoms with Crippen molar-refractivity contribution in [1.82, 2.24) is 9.88 Å². The lowest BCUT2D eigenvalue weighted by atomic mass is 9.99. The molecule has 0 bridgehead atoms. The van der Waals surface area contributed by atoms with Crippen molar-refractivity contribution in [2.45, 2.75) is 25.8 Å². The first-order chi connectivity index (χ1) is 10.2. The molecule has 1 fully saturated rings. The standard InChI is InChI=1S/C17H18N2O2/c1-12-6-2-3-7-13(12)15-9-5-11-19(15)17(21)14-8-4-10-18-16(14)20/h2-4,6-8,10,15H,5,9,11H2,1H3,(H,18,20)/t15-/m0/s1. The molecule has 21 heavy (non-hydrogen) atoms. The predicted molar refractivity (Wildman–Crippen MR) is 81.3 cm³/mol. The van der Waals surface area contributed by atoms with E-state index in [-0.39, 0.29) is 23.1 Å². The van der Waals surface area contributed by atoms with Crippen molar-refractivity contribution in [2.24, 2.45) is 0 Å². The van der Waals surface area contributed by atoms with E-state index in [9.17, 15) is 9.59 Å². The lowest BCUT2D eigenvalue weighted by Crippen LogP contribution is -2.34. The van der Waals surface area contributed by atoms with Gasteiger partial charge >= 0.3 is 0 Å². The van der Waals surface area contributed by atoms with Crippen molar-refractivity contribution < 1.29 is 4.79 Å². The molecule has 4 heteroatoms. The zero-order chi connectivity index (χ0) is 14.8. The minimum absolute atomic E-state index is 0.0679. The van der Waals surface area contributed by atoms with E-state index in [4.69, 9.17) is 0 Å². The van der Waals surface area contributed by atoms with E-state index in [1.54, 1.807) is 18.3 Å². The molecule has 4 nitrogen and oxygen atoms in total. The Balaban J connectivity index is 1.95. The van der Waals surface area contributed by atoms with Gasteiger partial charge in [0.15, 0.2) is 0 Å². The zero-order valence-electron chi connectivity index (χ0n) is 12.0. The molecule has 2 heterocycles. The highest BCUT2D eigenvalue weighted by Gasteiger charge is 2.32. The summed E-state index contributed by atoms with van der Waals surface area (Å²) in [5.74, 6) is -0.178. The molecule has 0 aliphatic carbocycles. The number of nitrogens with zero attached hydrogens (tertiary/aromatic N) is 1. The summed E-state index contributed by atoms with van der Waals surface area (Å²) in [5, 5.41) is 0. The number of benzene rings is 1. The topological polar surface area (TPSA) is 53.2 Å². The summed E-state index contributed by atoms with van der Waals surface area (Å²) in [6, 6.07) is 11.5. The Morgan fingerprint density at radius 1 is 1.24 bits per heavy atom. The van der Waals surface area contributed by atoms with Crippen LogP contribution < -0.4 is 5.56 Å². The number of aryl methyl sites for hydroxylation is 1. The minimum atomic E-state index is -0.321. The fourth-order valence-electron chi connectivity index (χ4n) is 3.04. The Labute approximate surface area is 123 Å². The van der Waals surface area contributed by atoms with Gasteiger partial charge in [-0.05, 0) is 43.0 Å².